The number of amides is 1. The summed E-state index contributed by atoms with van der Waals surface area (Å²) in [7, 11) is 3.46. The number of hydrogen-bond acceptors (Lipinski definition) is 5. The molecule has 39 heavy (non-hydrogen) atoms. The number of benzene rings is 3. The molecule has 7 nitrogen and oxygen atoms in total. The fraction of sp³-hybridized carbons (Fsp3) is 0.258. The number of rotatable bonds is 9. The zero-order chi connectivity index (χ0) is 27.4. The molecule has 0 saturated heterocycles. The van der Waals surface area contributed by atoms with Gasteiger partial charge in [0.25, 0.3) is 5.91 Å². The lowest BCUT2D eigenvalue weighted by atomic mass is 9.93. The molecule has 8 heteroatoms. The van der Waals surface area contributed by atoms with Gasteiger partial charge in [-0.3, -0.25) is 4.79 Å². The summed E-state index contributed by atoms with van der Waals surface area (Å²) in [6.07, 6.45) is 2.77. The SMILES string of the molecule is CCCCc1nc(Cl)c(C(=O)N(C)C)n1Cc1ccc(-c2cc(-c3ccccc3)ccc2C2=NCN=N2)cc1. The Morgan fingerprint density at radius 2 is 1.69 bits per heavy atom. The van der Waals surface area contributed by atoms with E-state index >= 15 is 0 Å². The monoisotopic (exact) mass is 538 g/mol. The third kappa shape index (κ3) is 5.68. The molecule has 1 aliphatic heterocycles. The van der Waals surface area contributed by atoms with Crippen LogP contribution in [0.5, 0.6) is 0 Å². The van der Waals surface area contributed by atoms with Crippen molar-refractivity contribution in [1.82, 2.24) is 14.5 Å². The van der Waals surface area contributed by atoms with E-state index in [1.165, 1.54) is 4.90 Å². The van der Waals surface area contributed by atoms with Gasteiger partial charge in [-0.15, -0.1) is 5.11 Å². The Morgan fingerprint density at radius 3 is 2.36 bits per heavy atom. The van der Waals surface area contributed by atoms with E-state index in [9.17, 15) is 4.79 Å². The minimum Gasteiger partial charge on any atom is -0.343 e. The average Bonchev–Trinajstić information content (AvgIpc) is 3.60. The van der Waals surface area contributed by atoms with Gasteiger partial charge in [0, 0.05) is 32.6 Å². The van der Waals surface area contributed by atoms with Gasteiger partial charge in [-0.05, 0) is 46.4 Å². The van der Waals surface area contributed by atoms with E-state index < -0.39 is 0 Å². The highest BCUT2D eigenvalue weighted by Crippen LogP contribution is 2.32. The van der Waals surface area contributed by atoms with Crippen LogP contribution in [-0.4, -0.2) is 47.0 Å². The third-order valence-corrected chi connectivity index (χ3v) is 7.05. The molecule has 0 spiro atoms. The molecule has 0 radical (unpaired) electrons. The number of aromatic nitrogens is 2. The Hall–Kier alpha value is -4.10. The molecule has 5 rings (SSSR count). The minimum absolute atomic E-state index is 0.152. The number of nitrogens with zero attached hydrogens (tertiary/aromatic N) is 6. The van der Waals surface area contributed by atoms with Crippen molar-refractivity contribution in [3.63, 3.8) is 0 Å². The van der Waals surface area contributed by atoms with Crippen LogP contribution in [0.1, 0.15) is 47.2 Å². The second-order valence-corrected chi connectivity index (χ2v) is 10.1. The zero-order valence-corrected chi connectivity index (χ0v) is 23.2. The largest absolute Gasteiger partial charge is 0.343 e. The molecule has 0 unspecified atom stereocenters. The van der Waals surface area contributed by atoms with Gasteiger partial charge in [0.05, 0.1) is 0 Å². The van der Waals surface area contributed by atoms with E-state index in [2.05, 4.69) is 81.7 Å². The molecule has 198 valence electrons. The van der Waals surface area contributed by atoms with Crippen molar-refractivity contribution >= 4 is 23.3 Å². The first kappa shape index (κ1) is 26.5. The number of imidazole rings is 1. The maximum absolute atomic E-state index is 13.0. The molecule has 0 bridgehead atoms. The van der Waals surface area contributed by atoms with Gasteiger partial charge in [-0.2, -0.15) is 5.11 Å². The highest BCUT2D eigenvalue weighted by atomic mass is 35.5. The van der Waals surface area contributed by atoms with Crippen LogP contribution < -0.4 is 0 Å². The number of carbonyl (C=O) groups is 1. The van der Waals surface area contributed by atoms with Gasteiger partial charge in [0.15, 0.2) is 17.7 Å². The summed E-state index contributed by atoms with van der Waals surface area (Å²) < 4.78 is 1.96. The number of halogens is 1. The molecule has 1 aliphatic rings. The van der Waals surface area contributed by atoms with Crippen LogP contribution in [0.4, 0.5) is 0 Å². The molecular weight excluding hydrogens is 508 g/mol. The Balaban J connectivity index is 1.51. The quantitative estimate of drug-likeness (QED) is 0.227. The number of azo groups is 1. The number of aryl methyl sites for hydroxylation is 1. The van der Waals surface area contributed by atoms with Crippen molar-refractivity contribution in [2.45, 2.75) is 32.7 Å². The van der Waals surface area contributed by atoms with Crippen LogP contribution in [-0.2, 0) is 13.0 Å². The lowest BCUT2D eigenvalue weighted by molar-refractivity contribution is 0.0817. The lowest BCUT2D eigenvalue weighted by Crippen LogP contribution is -2.25. The van der Waals surface area contributed by atoms with E-state index in [0.717, 1.165) is 58.5 Å². The molecule has 0 fully saturated rings. The predicted octanol–water partition coefficient (Wildman–Crippen LogP) is 7.13. The number of unbranched alkanes of at least 4 members (excludes halogenated alkanes) is 1. The van der Waals surface area contributed by atoms with Crippen molar-refractivity contribution < 1.29 is 4.79 Å². The molecule has 1 amide bonds. The van der Waals surface area contributed by atoms with Gasteiger partial charge in [-0.25, -0.2) is 9.98 Å². The Labute approximate surface area is 233 Å². The molecule has 0 N–H and O–H groups in total. The van der Waals surface area contributed by atoms with Crippen molar-refractivity contribution in [1.29, 1.82) is 0 Å². The summed E-state index contributed by atoms with van der Waals surface area (Å²) in [5.74, 6) is 1.33. The molecule has 0 atom stereocenters. The van der Waals surface area contributed by atoms with Gasteiger partial charge in [0.1, 0.15) is 11.5 Å². The zero-order valence-electron chi connectivity index (χ0n) is 22.4. The van der Waals surface area contributed by atoms with Gasteiger partial charge >= 0.3 is 0 Å². The van der Waals surface area contributed by atoms with Crippen LogP contribution in [0.15, 0.2) is 88.0 Å². The molecular formula is C31H31ClN6O. The average molecular weight is 539 g/mol. The summed E-state index contributed by atoms with van der Waals surface area (Å²) in [6.45, 7) is 3.00. The summed E-state index contributed by atoms with van der Waals surface area (Å²) >= 11 is 6.48. The summed E-state index contributed by atoms with van der Waals surface area (Å²) in [4.78, 5) is 23.5. The maximum Gasteiger partial charge on any atom is 0.273 e. The van der Waals surface area contributed by atoms with E-state index in [4.69, 9.17) is 11.6 Å². The number of carbonyl (C=O) groups excluding carboxylic acids is 1. The number of amidine groups is 1. The Kier molecular flexibility index (Phi) is 7.98. The van der Waals surface area contributed by atoms with E-state index in [-0.39, 0.29) is 11.1 Å². The van der Waals surface area contributed by atoms with Gasteiger partial charge < -0.3 is 9.47 Å². The first-order valence-electron chi connectivity index (χ1n) is 13.1. The molecule has 3 aromatic carbocycles. The van der Waals surface area contributed by atoms with Gasteiger partial charge in [-0.1, -0.05) is 85.6 Å². The van der Waals surface area contributed by atoms with Crippen LogP contribution in [0, 0.1) is 0 Å². The fourth-order valence-electron chi connectivity index (χ4n) is 4.71. The maximum atomic E-state index is 13.0. The molecule has 4 aromatic rings. The smallest absolute Gasteiger partial charge is 0.273 e. The van der Waals surface area contributed by atoms with Crippen LogP contribution in [0.3, 0.4) is 0 Å². The predicted molar refractivity (Wildman–Crippen MR) is 157 cm³/mol. The third-order valence-electron chi connectivity index (χ3n) is 6.79. The van der Waals surface area contributed by atoms with Crippen LogP contribution in [0.25, 0.3) is 22.3 Å². The second kappa shape index (κ2) is 11.7. The van der Waals surface area contributed by atoms with E-state index in [0.29, 0.717) is 24.7 Å². The number of aliphatic imine (C=N–C) groups is 1. The van der Waals surface area contributed by atoms with Gasteiger partial charge in [0.2, 0.25) is 0 Å². The van der Waals surface area contributed by atoms with Crippen molar-refractivity contribution in [3.8, 4) is 22.3 Å². The minimum atomic E-state index is -0.152. The van der Waals surface area contributed by atoms with E-state index in [1.807, 2.05) is 22.8 Å². The number of hydrogen-bond donors (Lipinski definition) is 0. The second-order valence-electron chi connectivity index (χ2n) is 9.74. The first-order chi connectivity index (χ1) is 19.0. The highest BCUT2D eigenvalue weighted by Gasteiger charge is 2.23. The summed E-state index contributed by atoms with van der Waals surface area (Å²) in [5.41, 5.74) is 6.79. The molecule has 0 saturated carbocycles. The van der Waals surface area contributed by atoms with Crippen molar-refractivity contribution in [2.24, 2.45) is 15.2 Å². The topological polar surface area (TPSA) is 75.2 Å². The van der Waals surface area contributed by atoms with Crippen LogP contribution in [0.2, 0.25) is 5.15 Å². The summed E-state index contributed by atoms with van der Waals surface area (Å²) in [5, 5.41) is 8.57. The molecule has 1 aromatic heterocycles. The Morgan fingerprint density at radius 1 is 0.949 bits per heavy atom. The molecule has 0 aliphatic carbocycles. The normalized spacial score (nSPS) is 12.6. The summed E-state index contributed by atoms with van der Waals surface area (Å²) in [6, 6.07) is 25.1. The first-order valence-corrected chi connectivity index (χ1v) is 13.5. The highest BCUT2D eigenvalue weighted by molar-refractivity contribution is 6.32. The molecule has 2 heterocycles. The standard InChI is InChI=1S/C31H31ClN6O/c1-4-5-11-27-35-29(32)28(31(39)37(2)3)38(27)19-21-12-14-23(15-13-21)26-18-24(22-9-7-6-8-10-22)16-17-25(26)30-33-20-34-36-30/h6-10,12-18H,4-5,11,19-20H2,1-3H3. The van der Waals surface area contributed by atoms with E-state index in [1.54, 1.807) is 14.1 Å². The lowest BCUT2D eigenvalue weighted by Gasteiger charge is -2.16. The Bertz CT molecular complexity index is 1540. The van der Waals surface area contributed by atoms with Crippen LogP contribution >= 0.6 is 11.6 Å². The van der Waals surface area contributed by atoms with Crippen molar-refractivity contribution in [2.75, 3.05) is 20.8 Å². The fourth-order valence-corrected chi connectivity index (χ4v) is 4.99. The van der Waals surface area contributed by atoms with Crippen molar-refractivity contribution in [3.05, 3.63) is 101 Å².